The highest BCUT2D eigenvalue weighted by molar-refractivity contribution is 5.79. The van der Waals surface area contributed by atoms with Crippen LogP contribution in [0.15, 0.2) is 22.9 Å². The van der Waals surface area contributed by atoms with E-state index in [1.807, 2.05) is 0 Å². The van der Waals surface area contributed by atoms with E-state index in [-0.39, 0.29) is 30.4 Å². The quantitative estimate of drug-likeness (QED) is 0.726. The van der Waals surface area contributed by atoms with Crippen LogP contribution in [0.3, 0.4) is 0 Å². The average Bonchev–Trinajstić information content (AvgIpc) is 3.26. The number of aromatic hydroxyl groups is 2. The first-order valence-corrected chi connectivity index (χ1v) is 8.43. The van der Waals surface area contributed by atoms with Crippen LogP contribution >= 0.6 is 0 Å². The SMILES string of the molecule is O=C(CCc1nc(-c2ccc(O)cn2)no1)n1nc(O)c2c1CCCC2. The zero-order valence-corrected chi connectivity index (χ0v) is 13.9. The van der Waals surface area contributed by atoms with Crippen LogP contribution in [0.4, 0.5) is 0 Å². The van der Waals surface area contributed by atoms with Crippen molar-refractivity contribution in [3.05, 3.63) is 35.5 Å². The van der Waals surface area contributed by atoms with Gasteiger partial charge in [-0.3, -0.25) is 4.79 Å². The third kappa shape index (κ3) is 3.03. The van der Waals surface area contributed by atoms with Gasteiger partial charge in [-0.2, -0.15) is 4.98 Å². The molecule has 0 fully saturated rings. The smallest absolute Gasteiger partial charge is 0.247 e. The van der Waals surface area contributed by atoms with Crippen LogP contribution < -0.4 is 0 Å². The van der Waals surface area contributed by atoms with E-state index in [2.05, 4.69) is 20.2 Å². The minimum atomic E-state index is -0.217. The molecule has 4 rings (SSSR count). The molecule has 0 aliphatic heterocycles. The van der Waals surface area contributed by atoms with Gasteiger partial charge >= 0.3 is 0 Å². The molecule has 1 aliphatic rings. The van der Waals surface area contributed by atoms with Crippen LogP contribution in [0.25, 0.3) is 11.5 Å². The van der Waals surface area contributed by atoms with Crippen LogP contribution in [0.5, 0.6) is 11.6 Å². The molecule has 0 saturated heterocycles. The van der Waals surface area contributed by atoms with E-state index in [0.29, 0.717) is 17.4 Å². The third-order valence-corrected chi connectivity index (χ3v) is 4.39. The van der Waals surface area contributed by atoms with Crippen LogP contribution in [-0.2, 0) is 19.3 Å². The first-order valence-electron chi connectivity index (χ1n) is 8.43. The molecule has 3 aromatic heterocycles. The number of carbonyl (C=O) groups excluding carboxylic acids is 1. The Morgan fingerprint density at radius 3 is 2.88 bits per heavy atom. The second kappa shape index (κ2) is 6.58. The van der Waals surface area contributed by atoms with Gasteiger partial charge in [0, 0.05) is 18.4 Å². The highest BCUT2D eigenvalue weighted by Crippen LogP contribution is 2.28. The van der Waals surface area contributed by atoms with E-state index in [1.54, 1.807) is 6.07 Å². The van der Waals surface area contributed by atoms with Gasteiger partial charge in [-0.25, -0.2) is 9.67 Å². The molecular formula is C17H17N5O4. The van der Waals surface area contributed by atoms with Crippen LogP contribution in [0, 0.1) is 0 Å². The maximum atomic E-state index is 12.5. The molecule has 0 atom stereocenters. The Bertz CT molecular complexity index is 945. The summed E-state index contributed by atoms with van der Waals surface area (Å²) < 4.78 is 6.47. The molecule has 26 heavy (non-hydrogen) atoms. The number of aryl methyl sites for hydroxylation is 1. The molecule has 3 heterocycles. The van der Waals surface area contributed by atoms with Gasteiger partial charge < -0.3 is 14.7 Å². The largest absolute Gasteiger partial charge is 0.506 e. The minimum Gasteiger partial charge on any atom is -0.506 e. The Labute approximate surface area is 148 Å². The van der Waals surface area contributed by atoms with Crippen molar-refractivity contribution in [2.45, 2.75) is 38.5 Å². The van der Waals surface area contributed by atoms with E-state index in [0.717, 1.165) is 36.9 Å². The highest BCUT2D eigenvalue weighted by atomic mass is 16.5. The zero-order chi connectivity index (χ0) is 18.1. The molecule has 3 aromatic rings. The fourth-order valence-corrected chi connectivity index (χ4v) is 3.08. The fraction of sp³-hybridized carbons (Fsp3) is 0.353. The lowest BCUT2D eigenvalue weighted by molar-refractivity contribution is 0.0877. The van der Waals surface area contributed by atoms with E-state index in [1.165, 1.54) is 16.9 Å². The molecule has 0 amide bonds. The number of pyridine rings is 1. The van der Waals surface area contributed by atoms with Crippen LogP contribution in [0.2, 0.25) is 0 Å². The molecule has 0 saturated carbocycles. The average molecular weight is 355 g/mol. The van der Waals surface area contributed by atoms with Crippen molar-refractivity contribution < 1.29 is 19.5 Å². The van der Waals surface area contributed by atoms with Crippen molar-refractivity contribution in [3.63, 3.8) is 0 Å². The van der Waals surface area contributed by atoms with Gasteiger partial charge in [0.05, 0.1) is 11.9 Å². The van der Waals surface area contributed by atoms with Crippen LogP contribution in [0.1, 0.15) is 41.2 Å². The second-order valence-electron chi connectivity index (χ2n) is 6.17. The summed E-state index contributed by atoms with van der Waals surface area (Å²) in [5.74, 6) is 0.390. The van der Waals surface area contributed by atoms with Gasteiger partial charge in [-0.1, -0.05) is 5.16 Å². The summed E-state index contributed by atoms with van der Waals surface area (Å²) in [5, 5.41) is 27.0. The molecule has 0 bridgehead atoms. The van der Waals surface area contributed by atoms with Crippen molar-refractivity contribution in [3.8, 4) is 23.1 Å². The summed E-state index contributed by atoms with van der Waals surface area (Å²) in [4.78, 5) is 20.7. The van der Waals surface area contributed by atoms with E-state index in [9.17, 15) is 15.0 Å². The topological polar surface area (TPSA) is 127 Å². The molecule has 0 spiro atoms. The molecule has 134 valence electrons. The predicted molar refractivity (Wildman–Crippen MR) is 88.7 cm³/mol. The summed E-state index contributed by atoms with van der Waals surface area (Å²) >= 11 is 0. The number of hydrogen-bond acceptors (Lipinski definition) is 8. The number of hydrogen-bond donors (Lipinski definition) is 2. The highest BCUT2D eigenvalue weighted by Gasteiger charge is 2.24. The van der Waals surface area contributed by atoms with E-state index in [4.69, 9.17) is 4.52 Å². The summed E-state index contributed by atoms with van der Waals surface area (Å²) in [6, 6.07) is 3.06. The standard InChI is InChI=1S/C17H17N5O4/c23-10-5-6-12(18-9-10)16-19-14(26-21-16)7-8-15(24)22-13-4-2-1-3-11(13)17(25)20-22/h5-6,9,23H,1-4,7-8H2,(H,20,25). The van der Waals surface area contributed by atoms with Gasteiger partial charge in [-0.15, -0.1) is 5.10 Å². The zero-order valence-electron chi connectivity index (χ0n) is 13.9. The molecule has 0 radical (unpaired) electrons. The normalized spacial score (nSPS) is 13.5. The Morgan fingerprint density at radius 1 is 1.23 bits per heavy atom. The first kappa shape index (κ1) is 16.2. The Hall–Kier alpha value is -3.23. The monoisotopic (exact) mass is 355 g/mol. The van der Waals surface area contributed by atoms with Crippen molar-refractivity contribution >= 4 is 5.91 Å². The van der Waals surface area contributed by atoms with Gasteiger partial charge in [0.1, 0.15) is 11.4 Å². The maximum Gasteiger partial charge on any atom is 0.247 e. The molecule has 1 aliphatic carbocycles. The Balaban J connectivity index is 1.45. The molecule has 9 nitrogen and oxygen atoms in total. The Kier molecular flexibility index (Phi) is 4.11. The van der Waals surface area contributed by atoms with E-state index < -0.39 is 0 Å². The molecule has 9 heteroatoms. The summed E-state index contributed by atoms with van der Waals surface area (Å²) in [5.41, 5.74) is 2.05. The van der Waals surface area contributed by atoms with Gasteiger partial charge in [0.25, 0.3) is 0 Å². The molecule has 0 aromatic carbocycles. The molecular weight excluding hydrogens is 338 g/mol. The number of nitrogens with zero attached hydrogens (tertiary/aromatic N) is 5. The number of carbonyl (C=O) groups is 1. The summed E-state index contributed by atoms with van der Waals surface area (Å²) in [6.07, 6.45) is 5.17. The number of rotatable bonds is 4. The van der Waals surface area contributed by atoms with Crippen molar-refractivity contribution in [2.24, 2.45) is 0 Å². The Morgan fingerprint density at radius 2 is 2.08 bits per heavy atom. The summed E-state index contributed by atoms with van der Waals surface area (Å²) in [6.45, 7) is 0. The van der Waals surface area contributed by atoms with Crippen LogP contribution in [-0.4, -0.2) is 41.0 Å². The van der Waals surface area contributed by atoms with Gasteiger partial charge in [0.2, 0.25) is 23.5 Å². The predicted octanol–water partition coefficient (Wildman–Crippen LogP) is 1.89. The number of aromatic nitrogens is 5. The van der Waals surface area contributed by atoms with Crippen molar-refractivity contribution in [2.75, 3.05) is 0 Å². The lowest BCUT2D eigenvalue weighted by Gasteiger charge is -2.12. The number of fused-ring (bicyclic) bond motifs is 1. The third-order valence-electron chi connectivity index (χ3n) is 4.39. The van der Waals surface area contributed by atoms with Crippen molar-refractivity contribution in [1.82, 2.24) is 24.9 Å². The van der Waals surface area contributed by atoms with Gasteiger partial charge in [-0.05, 0) is 37.8 Å². The molecule has 2 N–H and O–H groups in total. The van der Waals surface area contributed by atoms with Gasteiger partial charge in [0.15, 0.2) is 0 Å². The maximum absolute atomic E-state index is 12.5. The minimum absolute atomic E-state index is 0.0495. The summed E-state index contributed by atoms with van der Waals surface area (Å²) in [7, 11) is 0. The fourth-order valence-electron chi connectivity index (χ4n) is 3.08. The molecule has 0 unspecified atom stereocenters. The van der Waals surface area contributed by atoms with E-state index >= 15 is 0 Å². The second-order valence-corrected chi connectivity index (χ2v) is 6.17. The lowest BCUT2D eigenvalue weighted by Crippen LogP contribution is -2.18. The lowest BCUT2D eigenvalue weighted by atomic mass is 9.97. The van der Waals surface area contributed by atoms with Crippen molar-refractivity contribution in [1.29, 1.82) is 0 Å². The first-order chi connectivity index (χ1) is 12.6.